The quantitative estimate of drug-likeness (QED) is 0.808. The zero-order valence-corrected chi connectivity index (χ0v) is 9.19. The summed E-state index contributed by atoms with van der Waals surface area (Å²) in [5.41, 5.74) is 6.49. The first-order valence-electron chi connectivity index (χ1n) is 4.89. The molecule has 0 aliphatic heterocycles. The minimum atomic E-state index is 0.473. The van der Waals surface area contributed by atoms with Gasteiger partial charge in [0, 0.05) is 5.56 Å². The van der Waals surface area contributed by atoms with Crippen LogP contribution in [0.1, 0.15) is 17.2 Å². The van der Waals surface area contributed by atoms with Crippen LogP contribution in [-0.2, 0) is 6.54 Å². The summed E-state index contributed by atoms with van der Waals surface area (Å²) in [6.07, 6.45) is 3.10. The van der Waals surface area contributed by atoms with Gasteiger partial charge >= 0.3 is 0 Å². The average Bonchev–Trinajstić information content (AvgIpc) is 2.67. The molecule has 0 fully saturated rings. The normalized spacial score (nSPS) is 10.4. The Labute approximate surface area is 92.9 Å². The third-order valence-electron chi connectivity index (χ3n) is 2.20. The van der Waals surface area contributed by atoms with E-state index in [1.807, 2.05) is 13.8 Å². The third kappa shape index (κ3) is 2.10. The number of nitrogens with one attached hydrogen (secondary N) is 1. The summed E-state index contributed by atoms with van der Waals surface area (Å²) < 4.78 is 5.33. The van der Waals surface area contributed by atoms with Crippen molar-refractivity contribution in [2.75, 3.05) is 11.1 Å². The number of hydrogen-bond donors (Lipinski definition) is 2. The summed E-state index contributed by atoms with van der Waals surface area (Å²) in [7, 11) is 0. The molecule has 0 atom stereocenters. The molecule has 0 amide bonds. The second-order valence-electron chi connectivity index (χ2n) is 3.45. The molecule has 16 heavy (non-hydrogen) atoms. The first-order chi connectivity index (χ1) is 7.66. The highest BCUT2D eigenvalue weighted by Gasteiger charge is 2.05. The Kier molecular flexibility index (Phi) is 2.72. The van der Waals surface area contributed by atoms with Gasteiger partial charge in [-0.2, -0.15) is 0 Å². The van der Waals surface area contributed by atoms with Crippen molar-refractivity contribution >= 4 is 11.6 Å². The summed E-state index contributed by atoms with van der Waals surface area (Å²) in [4.78, 5) is 12.1. The van der Waals surface area contributed by atoms with Crippen molar-refractivity contribution in [3.63, 3.8) is 0 Å². The zero-order chi connectivity index (χ0) is 11.5. The van der Waals surface area contributed by atoms with Crippen LogP contribution in [0.5, 0.6) is 0 Å². The molecule has 0 aromatic carbocycles. The zero-order valence-electron chi connectivity index (χ0n) is 9.19. The number of nitrogens with two attached hydrogens (primary N) is 1. The van der Waals surface area contributed by atoms with E-state index in [1.54, 1.807) is 6.20 Å². The molecule has 3 N–H and O–H groups in total. The molecular formula is C10H13N5O. The number of oxazole rings is 1. The van der Waals surface area contributed by atoms with Gasteiger partial charge in [0.1, 0.15) is 23.7 Å². The summed E-state index contributed by atoms with van der Waals surface area (Å²) in [6, 6.07) is 0. The number of aryl methyl sites for hydroxylation is 1. The highest BCUT2D eigenvalue weighted by Crippen LogP contribution is 2.15. The lowest BCUT2D eigenvalue weighted by Gasteiger charge is -2.07. The molecule has 2 aromatic rings. The Morgan fingerprint density at radius 1 is 1.31 bits per heavy atom. The lowest BCUT2D eigenvalue weighted by molar-refractivity contribution is 0.478. The SMILES string of the molecule is Cc1cnc(CNc2ncnc(N)c2C)o1. The van der Waals surface area contributed by atoms with Crippen LogP contribution in [0.2, 0.25) is 0 Å². The van der Waals surface area contributed by atoms with E-state index < -0.39 is 0 Å². The molecule has 2 rings (SSSR count). The topological polar surface area (TPSA) is 89.9 Å². The minimum absolute atomic E-state index is 0.473. The van der Waals surface area contributed by atoms with Crippen LogP contribution < -0.4 is 11.1 Å². The highest BCUT2D eigenvalue weighted by molar-refractivity contribution is 5.53. The van der Waals surface area contributed by atoms with Gasteiger partial charge in [0.15, 0.2) is 0 Å². The van der Waals surface area contributed by atoms with Crippen LogP contribution in [0.3, 0.4) is 0 Å². The number of anilines is 2. The van der Waals surface area contributed by atoms with E-state index in [0.717, 1.165) is 11.3 Å². The van der Waals surface area contributed by atoms with Gasteiger partial charge < -0.3 is 15.5 Å². The molecule has 0 bridgehead atoms. The van der Waals surface area contributed by atoms with Crippen molar-refractivity contribution in [2.24, 2.45) is 0 Å². The Morgan fingerprint density at radius 2 is 2.12 bits per heavy atom. The second-order valence-corrected chi connectivity index (χ2v) is 3.45. The molecular weight excluding hydrogens is 206 g/mol. The minimum Gasteiger partial charge on any atom is -0.444 e. The smallest absolute Gasteiger partial charge is 0.213 e. The van der Waals surface area contributed by atoms with Gasteiger partial charge in [-0.3, -0.25) is 0 Å². The summed E-state index contributed by atoms with van der Waals surface area (Å²) >= 11 is 0. The van der Waals surface area contributed by atoms with Crippen LogP contribution in [0.25, 0.3) is 0 Å². The van der Waals surface area contributed by atoms with Gasteiger partial charge in [-0.15, -0.1) is 0 Å². The van der Waals surface area contributed by atoms with Gasteiger partial charge in [-0.1, -0.05) is 0 Å². The van der Waals surface area contributed by atoms with Crippen LogP contribution in [0.15, 0.2) is 16.9 Å². The van der Waals surface area contributed by atoms with Gasteiger partial charge in [0.25, 0.3) is 0 Å². The van der Waals surface area contributed by atoms with E-state index in [-0.39, 0.29) is 0 Å². The average molecular weight is 219 g/mol. The summed E-state index contributed by atoms with van der Waals surface area (Å²) in [5, 5.41) is 3.10. The van der Waals surface area contributed by atoms with Gasteiger partial charge in [-0.05, 0) is 13.8 Å². The standard InChI is InChI=1S/C10H13N5O/c1-6-3-12-8(16-6)4-13-10-7(2)9(11)14-5-15-10/h3,5H,4H2,1-2H3,(H3,11,13,14,15). The first kappa shape index (κ1) is 10.4. The van der Waals surface area contributed by atoms with Crippen molar-refractivity contribution in [3.8, 4) is 0 Å². The largest absolute Gasteiger partial charge is 0.444 e. The maximum atomic E-state index is 5.66. The maximum absolute atomic E-state index is 5.66. The lowest BCUT2D eigenvalue weighted by Crippen LogP contribution is -2.06. The fraction of sp³-hybridized carbons (Fsp3) is 0.300. The lowest BCUT2D eigenvalue weighted by atomic mass is 10.3. The highest BCUT2D eigenvalue weighted by atomic mass is 16.4. The number of rotatable bonds is 3. The molecule has 2 heterocycles. The van der Waals surface area contributed by atoms with Crippen molar-refractivity contribution in [3.05, 3.63) is 29.7 Å². The van der Waals surface area contributed by atoms with Crippen LogP contribution in [-0.4, -0.2) is 15.0 Å². The number of aromatic nitrogens is 3. The monoisotopic (exact) mass is 219 g/mol. The predicted octanol–water partition coefficient (Wildman–Crippen LogP) is 1.28. The van der Waals surface area contributed by atoms with E-state index in [1.165, 1.54) is 6.33 Å². The van der Waals surface area contributed by atoms with Gasteiger partial charge in [0.2, 0.25) is 5.89 Å². The number of hydrogen-bond acceptors (Lipinski definition) is 6. The Bertz CT molecular complexity index is 494. The molecule has 0 radical (unpaired) electrons. The van der Waals surface area contributed by atoms with Gasteiger partial charge in [-0.25, -0.2) is 15.0 Å². The van der Waals surface area contributed by atoms with Gasteiger partial charge in [0.05, 0.1) is 12.7 Å². The van der Waals surface area contributed by atoms with E-state index >= 15 is 0 Å². The molecule has 0 aliphatic carbocycles. The third-order valence-corrected chi connectivity index (χ3v) is 2.20. The second kappa shape index (κ2) is 4.18. The summed E-state index contributed by atoms with van der Waals surface area (Å²) in [5.74, 6) is 2.58. The molecule has 0 spiro atoms. The molecule has 0 aliphatic rings. The van der Waals surface area contributed by atoms with Crippen molar-refractivity contribution in [1.29, 1.82) is 0 Å². The molecule has 0 saturated heterocycles. The Hall–Kier alpha value is -2.11. The predicted molar refractivity (Wildman–Crippen MR) is 59.7 cm³/mol. The number of nitrogen functional groups attached to an aromatic ring is 1. The molecule has 2 aromatic heterocycles. The van der Waals surface area contributed by atoms with Crippen LogP contribution in [0, 0.1) is 13.8 Å². The fourth-order valence-corrected chi connectivity index (χ4v) is 1.28. The number of nitrogens with zero attached hydrogens (tertiary/aromatic N) is 3. The molecule has 0 unspecified atom stereocenters. The molecule has 6 nitrogen and oxygen atoms in total. The van der Waals surface area contributed by atoms with Crippen LogP contribution >= 0.6 is 0 Å². The fourth-order valence-electron chi connectivity index (χ4n) is 1.28. The van der Waals surface area contributed by atoms with Crippen LogP contribution in [0.4, 0.5) is 11.6 Å². The van der Waals surface area contributed by atoms with E-state index in [4.69, 9.17) is 10.2 Å². The van der Waals surface area contributed by atoms with E-state index in [9.17, 15) is 0 Å². The van der Waals surface area contributed by atoms with Crippen molar-refractivity contribution in [2.45, 2.75) is 20.4 Å². The Balaban J connectivity index is 2.07. The Morgan fingerprint density at radius 3 is 2.81 bits per heavy atom. The first-order valence-corrected chi connectivity index (χ1v) is 4.89. The molecule has 84 valence electrons. The molecule has 6 heteroatoms. The van der Waals surface area contributed by atoms with Crippen molar-refractivity contribution < 1.29 is 4.42 Å². The van der Waals surface area contributed by atoms with Crippen molar-refractivity contribution in [1.82, 2.24) is 15.0 Å². The van der Waals surface area contributed by atoms with E-state index in [2.05, 4.69) is 20.3 Å². The van der Waals surface area contributed by atoms with E-state index in [0.29, 0.717) is 24.1 Å². The molecule has 0 saturated carbocycles. The summed E-state index contributed by atoms with van der Waals surface area (Å²) in [6.45, 7) is 4.19. The maximum Gasteiger partial charge on any atom is 0.213 e.